The van der Waals surface area contributed by atoms with Gasteiger partial charge in [-0.3, -0.25) is 4.79 Å². The van der Waals surface area contributed by atoms with Crippen molar-refractivity contribution in [2.75, 3.05) is 17.2 Å². The van der Waals surface area contributed by atoms with Crippen molar-refractivity contribution in [1.29, 1.82) is 0 Å². The van der Waals surface area contributed by atoms with Crippen LogP contribution < -0.4 is 16.4 Å². The number of anilines is 2. The predicted octanol–water partition coefficient (Wildman–Crippen LogP) is 4.38. The molecule has 146 valence electrons. The molecular formula is C20H25Cl2N3O2. The van der Waals surface area contributed by atoms with Crippen LogP contribution in [0.2, 0.25) is 5.02 Å². The zero-order chi connectivity index (χ0) is 18.5. The predicted molar refractivity (Wildman–Crippen MR) is 113 cm³/mol. The largest absolute Gasteiger partial charge is 0.377 e. The Morgan fingerprint density at radius 3 is 2.63 bits per heavy atom. The molecule has 0 radical (unpaired) electrons. The Hall–Kier alpha value is -1.79. The molecule has 1 fully saturated rings. The van der Waals surface area contributed by atoms with Gasteiger partial charge in [0.15, 0.2) is 0 Å². The fourth-order valence-electron chi connectivity index (χ4n) is 3.06. The van der Waals surface area contributed by atoms with Gasteiger partial charge in [0.2, 0.25) is 0 Å². The van der Waals surface area contributed by atoms with E-state index in [4.69, 9.17) is 22.1 Å². The van der Waals surface area contributed by atoms with Gasteiger partial charge in [-0.25, -0.2) is 0 Å². The molecule has 1 aliphatic rings. The number of carbonyl (C=O) groups is 1. The van der Waals surface area contributed by atoms with Gasteiger partial charge in [0, 0.05) is 18.3 Å². The van der Waals surface area contributed by atoms with E-state index in [1.165, 1.54) is 5.56 Å². The summed E-state index contributed by atoms with van der Waals surface area (Å²) in [5.74, 6) is -0.157. The van der Waals surface area contributed by atoms with Crippen LogP contribution in [-0.2, 0) is 9.53 Å². The van der Waals surface area contributed by atoms with Gasteiger partial charge < -0.3 is 21.1 Å². The average molecular weight is 410 g/mol. The highest BCUT2D eigenvalue weighted by atomic mass is 35.5. The number of nitrogens with one attached hydrogen (secondary N) is 2. The van der Waals surface area contributed by atoms with Gasteiger partial charge in [0.25, 0.3) is 5.91 Å². The van der Waals surface area contributed by atoms with Crippen LogP contribution in [0.5, 0.6) is 0 Å². The van der Waals surface area contributed by atoms with E-state index in [9.17, 15) is 4.79 Å². The van der Waals surface area contributed by atoms with Crippen molar-refractivity contribution in [2.24, 2.45) is 5.73 Å². The van der Waals surface area contributed by atoms with Crippen LogP contribution >= 0.6 is 24.0 Å². The summed E-state index contributed by atoms with van der Waals surface area (Å²) in [6, 6.07) is 15.7. The fourth-order valence-corrected chi connectivity index (χ4v) is 3.30. The molecule has 2 aromatic rings. The first-order valence-electron chi connectivity index (χ1n) is 8.84. The zero-order valence-corrected chi connectivity index (χ0v) is 16.7. The SMILES string of the molecule is CC(Nc1ccc(NC(=O)[C@@H]2CC[C@H](CN)O2)cc1Cl)c1ccccc1.Cl. The Kier molecular flexibility index (Phi) is 7.92. The molecule has 1 unspecified atom stereocenters. The molecule has 1 amide bonds. The van der Waals surface area contributed by atoms with Crippen LogP contribution in [0, 0.1) is 0 Å². The van der Waals surface area contributed by atoms with Crippen LogP contribution in [0.15, 0.2) is 48.5 Å². The number of halogens is 2. The fraction of sp³-hybridized carbons (Fsp3) is 0.350. The number of benzene rings is 2. The minimum atomic E-state index is -0.446. The van der Waals surface area contributed by atoms with Crippen molar-refractivity contribution in [2.45, 2.75) is 38.0 Å². The molecule has 0 bridgehead atoms. The molecule has 0 aromatic heterocycles. The van der Waals surface area contributed by atoms with Gasteiger partial charge in [-0.2, -0.15) is 0 Å². The lowest BCUT2D eigenvalue weighted by atomic mass is 10.1. The number of hydrogen-bond donors (Lipinski definition) is 3. The number of hydrogen-bond acceptors (Lipinski definition) is 4. The lowest BCUT2D eigenvalue weighted by molar-refractivity contribution is -0.126. The molecule has 1 aliphatic heterocycles. The van der Waals surface area contributed by atoms with Gasteiger partial charge in [-0.15, -0.1) is 12.4 Å². The highest BCUT2D eigenvalue weighted by Gasteiger charge is 2.29. The highest BCUT2D eigenvalue weighted by molar-refractivity contribution is 6.33. The summed E-state index contributed by atoms with van der Waals surface area (Å²) in [5.41, 5.74) is 8.23. The Morgan fingerprint density at radius 2 is 2.00 bits per heavy atom. The summed E-state index contributed by atoms with van der Waals surface area (Å²) in [6.45, 7) is 2.52. The van der Waals surface area contributed by atoms with E-state index in [-0.39, 0.29) is 30.5 Å². The number of amides is 1. The Labute approximate surface area is 171 Å². The average Bonchev–Trinajstić information content (AvgIpc) is 3.14. The van der Waals surface area contributed by atoms with Gasteiger partial charge in [0.1, 0.15) is 6.10 Å². The van der Waals surface area contributed by atoms with Gasteiger partial charge in [-0.1, -0.05) is 41.9 Å². The lowest BCUT2D eigenvalue weighted by Gasteiger charge is -2.18. The van der Waals surface area contributed by atoms with Crippen molar-refractivity contribution in [3.8, 4) is 0 Å². The van der Waals surface area contributed by atoms with E-state index < -0.39 is 6.10 Å². The summed E-state index contributed by atoms with van der Waals surface area (Å²) in [5, 5.41) is 6.81. The second-order valence-electron chi connectivity index (χ2n) is 6.52. The first-order chi connectivity index (χ1) is 12.6. The number of rotatable bonds is 6. The normalized spacial score (nSPS) is 19.8. The minimum absolute atomic E-state index is 0. The second kappa shape index (κ2) is 9.95. The number of ether oxygens (including phenoxy) is 1. The molecule has 0 saturated carbocycles. The first-order valence-corrected chi connectivity index (χ1v) is 9.22. The molecule has 3 atom stereocenters. The first kappa shape index (κ1) is 21.5. The highest BCUT2D eigenvalue weighted by Crippen LogP contribution is 2.29. The third kappa shape index (κ3) is 5.59. The van der Waals surface area contributed by atoms with Crippen LogP contribution in [0.1, 0.15) is 31.4 Å². The molecule has 5 nitrogen and oxygen atoms in total. The molecule has 2 aromatic carbocycles. The van der Waals surface area contributed by atoms with Crippen LogP contribution in [0.4, 0.5) is 11.4 Å². The lowest BCUT2D eigenvalue weighted by Crippen LogP contribution is -2.29. The van der Waals surface area contributed by atoms with Crippen molar-refractivity contribution in [1.82, 2.24) is 0 Å². The monoisotopic (exact) mass is 409 g/mol. The maximum absolute atomic E-state index is 12.3. The van der Waals surface area contributed by atoms with Gasteiger partial charge in [-0.05, 0) is 43.5 Å². The smallest absolute Gasteiger partial charge is 0.253 e. The molecule has 1 saturated heterocycles. The number of nitrogens with two attached hydrogens (primary N) is 1. The molecule has 0 aliphatic carbocycles. The molecule has 27 heavy (non-hydrogen) atoms. The van der Waals surface area contributed by atoms with Crippen molar-refractivity contribution in [3.05, 3.63) is 59.1 Å². The minimum Gasteiger partial charge on any atom is -0.377 e. The molecular weight excluding hydrogens is 385 g/mol. The second-order valence-corrected chi connectivity index (χ2v) is 6.93. The molecule has 4 N–H and O–H groups in total. The van der Waals surface area contributed by atoms with E-state index in [0.717, 1.165) is 12.1 Å². The maximum atomic E-state index is 12.3. The third-order valence-electron chi connectivity index (χ3n) is 4.57. The van der Waals surface area contributed by atoms with E-state index in [1.54, 1.807) is 6.07 Å². The van der Waals surface area contributed by atoms with E-state index >= 15 is 0 Å². The van der Waals surface area contributed by atoms with Crippen LogP contribution in [-0.4, -0.2) is 24.7 Å². The van der Waals surface area contributed by atoms with Gasteiger partial charge >= 0.3 is 0 Å². The number of carbonyl (C=O) groups excluding carboxylic acids is 1. The van der Waals surface area contributed by atoms with Gasteiger partial charge in [0.05, 0.1) is 16.8 Å². The summed E-state index contributed by atoms with van der Waals surface area (Å²) in [4.78, 5) is 12.3. The quantitative estimate of drug-likeness (QED) is 0.661. The Bertz CT molecular complexity index is 758. The van der Waals surface area contributed by atoms with Crippen molar-refractivity contribution in [3.63, 3.8) is 0 Å². The molecule has 0 spiro atoms. The topological polar surface area (TPSA) is 76.4 Å². The van der Waals surface area contributed by atoms with Crippen LogP contribution in [0.25, 0.3) is 0 Å². The Morgan fingerprint density at radius 1 is 1.26 bits per heavy atom. The zero-order valence-electron chi connectivity index (χ0n) is 15.2. The van der Waals surface area contributed by atoms with E-state index in [1.807, 2.05) is 30.3 Å². The summed E-state index contributed by atoms with van der Waals surface area (Å²) >= 11 is 6.39. The van der Waals surface area contributed by atoms with E-state index in [0.29, 0.717) is 23.7 Å². The molecule has 7 heteroatoms. The Balaban J connectivity index is 0.00000261. The van der Waals surface area contributed by atoms with Crippen LogP contribution in [0.3, 0.4) is 0 Å². The van der Waals surface area contributed by atoms with E-state index in [2.05, 4.69) is 29.7 Å². The standard InChI is InChI=1S/C20H24ClN3O2.ClH/c1-13(14-5-3-2-4-6-14)23-18-9-7-15(11-17(18)21)24-20(25)19-10-8-16(12-22)26-19;/h2-7,9,11,13,16,19,23H,8,10,12,22H2,1H3,(H,24,25);1H/t13?,16-,19+;/m1./s1. The summed E-state index contributed by atoms with van der Waals surface area (Å²) < 4.78 is 5.62. The summed E-state index contributed by atoms with van der Waals surface area (Å²) in [7, 11) is 0. The summed E-state index contributed by atoms with van der Waals surface area (Å²) in [6.07, 6.45) is 1.03. The maximum Gasteiger partial charge on any atom is 0.253 e. The molecule has 3 rings (SSSR count). The van der Waals surface area contributed by atoms with Crippen molar-refractivity contribution < 1.29 is 9.53 Å². The third-order valence-corrected chi connectivity index (χ3v) is 4.88. The molecule has 1 heterocycles. The van der Waals surface area contributed by atoms with Crippen molar-refractivity contribution >= 4 is 41.3 Å².